The van der Waals surface area contributed by atoms with Gasteiger partial charge in [-0.2, -0.15) is 0 Å². The van der Waals surface area contributed by atoms with E-state index in [2.05, 4.69) is 12.2 Å². The third-order valence-electron chi connectivity index (χ3n) is 1.59. The highest BCUT2D eigenvalue weighted by molar-refractivity contribution is 7.80. The smallest absolute Gasteiger partial charge is 0.229 e. The van der Waals surface area contributed by atoms with Crippen molar-refractivity contribution < 1.29 is 9.53 Å². The van der Waals surface area contributed by atoms with Crippen molar-refractivity contribution in [1.82, 2.24) is 4.90 Å². The first-order chi connectivity index (χ1) is 6.07. The van der Waals surface area contributed by atoms with Crippen LogP contribution >= 0.6 is 12.2 Å². The summed E-state index contributed by atoms with van der Waals surface area (Å²) in [5.74, 6) is -0.0383. The van der Waals surface area contributed by atoms with Gasteiger partial charge in [-0.3, -0.25) is 4.79 Å². The molecule has 0 rings (SSSR count). The van der Waals surface area contributed by atoms with Crippen molar-refractivity contribution in [2.75, 3.05) is 27.3 Å². The lowest BCUT2D eigenvalue weighted by molar-refractivity contribution is -0.128. The van der Waals surface area contributed by atoms with Gasteiger partial charge in [0.15, 0.2) is 0 Å². The SMILES string of the molecule is COCCCN(C)C(=O)CC(N)=S. The molecule has 2 N–H and O–H groups in total. The van der Waals surface area contributed by atoms with E-state index in [1.807, 2.05) is 0 Å². The molecule has 0 heterocycles. The number of hydrogen-bond acceptors (Lipinski definition) is 3. The fraction of sp³-hybridized carbons (Fsp3) is 0.750. The number of nitrogens with zero attached hydrogens (tertiary/aromatic N) is 1. The first-order valence-corrected chi connectivity index (χ1v) is 4.50. The van der Waals surface area contributed by atoms with Gasteiger partial charge in [-0.05, 0) is 6.42 Å². The second-order valence-electron chi connectivity index (χ2n) is 2.80. The number of amides is 1. The van der Waals surface area contributed by atoms with Crippen LogP contribution in [0.25, 0.3) is 0 Å². The molecule has 0 saturated heterocycles. The molecule has 0 saturated carbocycles. The Morgan fingerprint density at radius 3 is 2.69 bits per heavy atom. The van der Waals surface area contributed by atoms with Gasteiger partial charge in [0.05, 0.1) is 11.4 Å². The van der Waals surface area contributed by atoms with Gasteiger partial charge in [0.2, 0.25) is 5.91 Å². The lowest BCUT2D eigenvalue weighted by atomic mass is 10.3. The summed E-state index contributed by atoms with van der Waals surface area (Å²) in [5.41, 5.74) is 5.25. The van der Waals surface area contributed by atoms with Gasteiger partial charge in [0, 0.05) is 27.3 Å². The number of carbonyl (C=O) groups excluding carboxylic acids is 1. The lowest BCUT2D eigenvalue weighted by Gasteiger charge is -2.16. The molecule has 0 atom stereocenters. The van der Waals surface area contributed by atoms with E-state index in [1.54, 1.807) is 19.1 Å². The summed E-state index contributed by atoms with van der Waals surface area (Å²) in [6.45, 7) is 1.33. The molecule has 0 fully saturated rings. The first kappa shape index (κ1) is 12.3. The molecule has 0 radical (unpaired) electrons. The van der Waals surface area contributed by atoms with Gasteiger partial charge in [-0.15, -0.1) is 0 Å². The molecule has 0 aliphatic carbocycles. The molecular weight excluding hydrogens is 188 g/mol. The standard InChI is InChI=1S/C8H16N2O2S/c1-10(4-3-5-12-2)8(11)6-7(9)13/h3-6H2,1-2H3,(H2,9,13). The minimum atomic E-state index is -0.0383. The minimum absolute atomic E-state index is 0.0383. The molecule has 4 nitrogen and oxygen atoms in total. The van der Waals surface area contributed by atoms with E-state index in [1.165, 1.54) is 0 Å². The summed E-state index contributed by atoms with van der Waals surface area (Å²) in [6, 6.07) is 0. The number of carbonyl (C=O) groups is 1. The van der Waals surface area contributed by atoms with Crippen molar-refractivity contribution in [3.63, 3.8) is 0 Å². The Bertz CT molecular complexity index is 185. The van der Waals surface area contributed by atoms with E-state index in [0.29, 0.717) is 13.2 Å². The zero-order chi connectivity index (χ0) is 10.3. The molecule has 13 heavy (non-hydrogen) atoms. The van der Waals surface area contributed by atoms with Crippen LogP contribution in [0.4, 0.5) is 0 Å². The average Bonchev–Trinajstić information content (AvgIpc) is 2.03. The molecule has 5 heteroatoms. The largest absolute Gasteiger partial charge is 0.393 e. The van der Waals surface area contributed by atoms with Crippen molar-refractivity contribution in [1.29, 1.82) is 0 Å². The molecule has 0 aromatic heterocycles. The van der Waals surface area contributed by atoms with Gasteiger partial charge < -0.3 is 15.4 Å². The van der Waals surface area contributed by atoms with Crippen LogP contribution in [0, 0.1) is 0 Å². The number of thiocarbonyl (C=S) groups is 1. The maximum atomic E-state index is 11.3. The Hall–Kier alpha value is -0.680. The highest BCUT2D eigenvalue weighted by Gasteiger charge is 2.08. The molecule has 0 aromatic carbocycles. The van der Waals surface area contributed by atoms with Crippen LogP contribution in [0.3, 0.4) is 0 Å². The van der Waals surface area contributed by atoms with Crippen LogP contribution < -0.4 is 5.73 Å². The summed E-state index contributed by atoms with van der Waals surface area (Å²) in [4.78, 5) is 13.1. The van der Waals surface area contributed by atoms with Gasteiger partial charge in [-0.25, -0.2) is 0 Å². The highest BCUT2D eigenvalue weighted by Crippen LogP contribution is 1.93. The first-order valence-electron chi connectivity index (χ1n) is 4.09. The number of rotatable bonds is 6. The van der Waals surface area contributed by atoms with Crippen LogP contribution in [-0.4, -0.2) is 43.1 Å². The Kier molecular flexibility index (Phi) is 6.44. The highest BCUT2D eigenvalue weighted by atomic mass is 32.1. The molecule has 0 unspecified atom stereocenters. The number of ether oxygens (including phenoxy) is 1. The van der Waals surface area contributed by atoms with Crippen LogP contribution in [0.1, 0.15) is 12.8 Å². The zero-order valence-corrected chi connectivity index (χ0v) is 8.89. The van der Waals surface area contributed by atoms with Crippen molar-refractivity contribution in [3.8, 4) is 0 Å². The maximum absolute atomic E-state index is 11.3. The van der Waals surface area contributed by atoms with Crippen LogP contribution in [0.5, 0.6) is 0 Å². The topological polar surface area (TPSA) is 55.6 Å². The summed E-state index contributed by atoms with van der Waals surface area (Å²) < 4.78 is 4.86. The van der Waals surface area contributed by atoms with E-state index < -0.39 is 0 Å². The molecule has 0 aromatic rings. The Morgan fingerprint density at radius 1 is 1.62 bits per heavy atom. The van der Waals surface area contributed by atoms with Crippen LogP contribution in [0.2, 0.25) is 0 Å². The summed E-state index contributed by atoms with van der Waals surface area (Å²) >= 11 is 4.63. The summed E-state index contributed by atoms with van der Waals surface area (Å²) in [7, 11) is 3.37. The van der Waals surface area contributed by atoms with Crippen LogP contribution in [-0.2, 0) is 9.53 Å². The van der Waals surface area contributed by atoms with Crippen molar-refractivity contribution in [3.05, 3.63) is 0 Å². The monoisotopic (exact) mass is 204 g/mol. The Labute approximate surface area is 84.0 Å². The number of nitrogens with two attached hydrogens (primary N) is 1. The van der Waals surface area contributed by atoms with Gasteiger partial charge in [-0.1, -0.05) is 12.2 Å². The van der Waals surface area contributed by atoms with Crippen LogP contribution in [0.15, 0.2) is 0 Å². The van der Waals surface area contributed by atoms with E-state index in [0.717, 1.165) is 6.42 Å². The van der Waals surface area contributed by atoms with E-state index in [4.69, 9.17) is 10.5 Å². The molecule has 0 aliphatic rings. The fourth-order valence-electron chi connectivity index (χ4n) is 0.855. The molecule has 0 aliphatic heterocycles. The number of hydrogen-bond donors (Lipinski definition) is 1. The molecular formula is C8H16N2O2S. The normalized spacial score (nSPS) is 9.69. The summed E-state index contributed by atoms with van der Waals surface area (Å²) in [5, 5.41) is 0. The predicted molar refractivity (Wildman–Crippen MR) is 55.5 cm³/mol. The zero-order valence-electron chi connectivity index (χ0n) is 8.08. The summed E-state index contributed by atoms with van der Waals surface area (Å²) in [6.07, 6.45) is 0.981. The molecule has 1 amide bonds. The van der Waals surface area contributed by atoms with E-state index in [9.17, 15) is 4.79 Å². The Balaban J connectivity index is 3.63. The average molecular weight is 204 g/mol. The second kappa shape index (κ2) is 6.80. The molecule has 76 valence electrons. The van der Waals surface area contributed by atoms with Gasteiger partial charge >= 0.3 is 0 Å². The fourth-order valence-corrected chi connectivity index (χ4v) is 0.978. The molecule has 0 bridgehead atoms. The maximum Gasteiger partial charge on any atom is 0.229 e. The van der Waals surface area contributed by atoms with E-state index >= 15 is 0 Å². The quantitative estimate of drug-likeness (QED) is 0.494. The third-order valence-corrected chi connectivity index (χ3v) is 1.74. The minimum Gasteiger partial charge on any atom is -0.393 e. The van der Waals surface area contributed by atoms with Gasteiger partial charge in [0.1, 0.15) is 0 Å². The van der Waals surface area contributed by atoms with Crippen molar-refractivity contribution in [2.45, 2.75) is 12.8 Å². The third kappa shape index (κ3) is 6.48. The predicted octanol–water partition coefficient (Wildman–Crippen LogP) is 0.158. The van der Waals surface area contributed by atoms with Crippen molar-refractivity contribution in [2.24, 2.45) is 5.73 Å². The molecule has 0 spiro atoms. The Morgan fingerprint density at radius 2 is 2.23 bits per heavy atom. The second-order valence-corrected chi connectivity index (χ2v) is 3.33. The van der Waals surface area contributed by atoms with Gasteiger partial charge in [0.25, 0.3) is 0 Å². The van der Waals surface area contributed by atoms with Crippen molar-refractivity contribution >= 4 is 23.1 Å². The lowest BCUT2D eigenvalue weighted by Crippen LogP contribution is -2.31. The van der Waals surface area contributed by atoms with E-state index in [-0.39, 0.29) is 17.3 Å². The number of methoxy groups -OCH3 is 1.